The zero-order valence-corrected chi connectivity index (χ0v) is 35.5. The van der Waals surface area contributed by atoms with Crippen LogP contribution in [0, 0.1) is 0 Å². The Kier molecular flexibility index (Phi) is 9.53. The molecule has 0 bridgehead atoms. The number of hydrogen-bond donors (Lipinski definition) is 0. The lowest BCUT2D eigenvalue weighted by Crippen LogP contribution is -2.43. The van der Waals surface area contributed by atoms with E-state index in [-0.39, 0.29) is 6.17 Å². The van der Waals surface area contributed by atoms with Crippen LogP contribution in [0.2, 0.25) is 0 Å². The van der Waals surface area contributed by atoms with Crippen LogP contribution in [-0.4, -0.2) is 15.4 Å². The van der Waals surface area contributed by atoms with Gasteiger partial charge in [-0.15, -0.1) is 0 Å². The van der Waals surface area contributed by atoms with Crippen LogP contribution in [0.3, 0.4) is 0 Å². The minimum absolute atomic E-state index is 0.195. The molecule has 306 valence electrons. The van der Waals surface area contributed by atoms with Crippen molar-refractivity contribution in [3.8, 4) is 61.6 Å². The molecule has 1 aliphatic heterocycles. The lowest BCUT2D eigenvalue weighted by molar-refractivity contribution is 0.692. The predicted molar refractivity (Wildman–Crippen MR) is 270 cm³/mol. The third-order valence-electron chi connectivity index (χ3n) is 12.7. The molecular weight excluding hydrogens is 789 g/mol. The average Bonchev–Trinajstić information content (AvgIpc) is 3.77. The van der Waals surface area contributed by atoms with Crippen LogP contribution < -0.4 is 4.90 Å². The molecule has 65 heavy (non-hydrogen) atoms. The Morgan fingerprint density at radius 3 is 1.62 bits per heavy atom. The highest BCUT2D eigenvalue weighted by Crippen LogP contribution is 2.44. The summed E-state index contributed by atoms with van der Waals surface area (Å²) in [6, 6.07) is 88.7. The average molecular weight is 831 g/mol. The van der Waals surface area contributed by atoms with Crippen LogP contribution in [0.25, 0.3) is 83.4 Å². The minimum atomic E-state index is -0.195. The second kappa shape index (κ2) is 16.3. The van der Waals surface area contributed by atoms with Crippen LogP contribution in [0.1, 0.15) is 17.3 Å². The van der Waals surface area contributed by atoms with Crippen LogP contribution in [-0.2, 0) is 0 Å². The molecule has 0 amide bonds. The first-order chi connectivity index (χ1) is 32.2. The van der Waals surface area contributed by atoms with Crippen molar-refractivity contribution in [3.63, 3.8) is 0 Å². The van der Waals surface area contributed by atoms with E-state index in [0.29, 0.717) is 0 Å². The van der Waals surface area contributed by atoms with E-state index in [0.717, 1.165) is 56.3 Å². The molecule has 10 aromatic carbocycles. The van der Waals surface area contributed by atoms with Crippen molar-refractivity contribution in [1.82, 2.24) is 9.55 Å². The number of fused-ring (bicyclic) bond motifs is 2. The predicted octanol–water partition coefficient (Wildman–Crippen LogP) is 15.5. The van der Waals surface area contributed by atoms with Crippen molar-refractivity contribution in [2.45, 2.75) is 6.17 Å². The fraction of sp³-hybridized carbons (Fsp3) is 0.0164. The van der Waals surface area contributed by atoms with Crippen LogP contribution in [0.5, 0.6) is 0 Å². The largest absolute Gasteiger partial charge is 0.299 e. The minimum Gasteiger partial charge on any atom is -0.299 e. The normalized spacial score (nSPS) is 13.4. The maximum absolute atomic E-state index is 5.36. The van der Waals surface area contributed by atoms with Crippen molar-refractivity contribution in [1.29, 1.82) is 0 Å². The van der Waals surface area contributed by atoms with Crippen molar-refractivity contribution in [2.24, 2.45) is 4.99 Å². The van der Waals surface area contributed by atoms with Crippen molar-refractivity contribution in [3.05, 3.63) is 260 Å². The number of aliphatic imine (C=N–C) groups is 1. The Bertz CT molecular complexity index is 3540. The van der Waals surface area contributed by atoms with E-state index in [1.54, 1.807) is 0 Å². The molecule has 0 fully saturated rings. The van der Waals surface area contributed by atoms with Gasteiger partial charge in [-0.05, 0) is 104 Å². The number of nitrogens with zero attached hydrogens (tertiary/aromatic N) is 4. The van der Waals surface area contributed by atoms with Crippen LogP contribution in [0.15, 0.2) is 254 Å². The van der Waals surface area contributed by atoms with Gasteiger partial charge in [-0.25, -0.2) is 9.98 Å². The van der Waals surface area contributed by atoms with Gasteiger partial charge >= 0.3 is 0 Å². The Labute approximate surface area is 378 Å². The summed E-state index contributed by atoms with van der Waals surface area (Å²) in [5.41, 5.74) is 17.0. The van der Waals surface area contributed by atoms with Gasteiger partial charge in [-0.2, -0.15) is 0 Å². The molecule has 0 aliphatic carbocycles. The maximum Gasteiger partial charge on any atom is 0.155 e. The van der Waals surface area contributed by atoms with Gasteiger partial charge in [0.15, 0.2) is 6.17 Å². The monoisotopic (exact) mass is 830 g/mol. The first-order valence-corrected chi connectivity index (χ1v) is 22.2. The topological polar surface area (TPSA) is 33.4 Å². The third kappa shape index (κ3) is 6.89. The van der Waals surface area contributed by atoms with E-state index in [2.05, 4.69) is 258 Å². The molecule has 12 rings (SSSR count). The van der Waals surface area contributed by atoms with Gasteiger partial charge in [0.1, 0.15) is 11.7 Å². The standard InChI is InChI=1S/C61H42N4/c1-4-18-42(19-5-1)43-36-38-50(39-37-43)65-59(44-20-6-2-7-21-44)63-61(65)56-29-11-10-28-55(56)54-33-17-31-52-51(30-16-32-53(52)54)47-24-14-22-45(40-47)46-23-15-25-48(41-46)60-62-57-34-12-13-35-58(57)64(60)49-26-8-3-9-27-49/h1-41,61H. The molecule has 0 spiro atoms. The van der Waals surface area contributed by atoms with Gasteiger partial charge in [-0.3, -0.25) is 9.47 Å². The van der Waals surface area contributed by atoms with Gasteiger partial charge in [0.25, 0.3) is 0 Å². The Morgan fingerprint density at radius 1 is 0.338 bits per heavy atom. The molecule has 0 radical (unpaired) electrons. The SMILES string of the molecule is c1ccc(C2=NC(c3ccccc3-c3cccc4c(-c5cccc(-c6cccc(-c7nc8ccccc8n7-c7ccccc7)c6)c5)cccc34)N2c2ccc(-c3ccccc3)cc2)cc1. The summed E-state index contributed by atoms with van der Waals surface area (Å²) in [4.78, 5) is 12.9. The molecule has 1 atom stereocenters. The number of hydrogen-bond acceptors (Lipinski definition) is 3. The first-order valence-electron chi connectivity index (χ1n) is 22.2. The van der Waals surface area contributed by atoms with Gasteiger partial charge in [0, 0.05) is 28.1 Å². The van der Waals surface area contributed by atoms with E-state index in [1.165, 1.54) is 49.7 Å². The van der Waals surface area contributed by atoms with Crippen LogP contribution >= 0.6 is 0 Å². The zero-order chi connectivity index (χ0) is 43.1. The highest BCUT2D eigenvalue weighted by Gasteiger charge is 2.36. The quantitative estimate of drug-likeness (QED) is 0.145. The van der Waals surface area contributed by atoms with Gasteiger partial charge in [-0.1, -0.05) is 200 Å². The molecule has 1 aromatic heterocycles. The lowest BCUT2D eigenvalue weighted by atomic mass is 9.89. The number of aromatic nitrogens is 2. The highest BCUT2D eigenvalue weighted by atomic mass is 15.4. The first kappa shape index (κ1) is 38.1. The molecule has 0 saturated carbocycles. The lowest BCUT2D eigenvalue weighted by Gasteiger charge is -2.41. The molecule has 11 aromatic rings. The summed E-state index contributed by atoms with van der Waals surface area (Å²) in [5.74, 6) is 1.89. The fourth-order valence-corrected chi connectivity index (χ4v) is 9.54. The summed E-state index contributed by atoms with van der Waals surface area (Å²) in [6.45, 7) is 0. The number of para-hydroxylation sites is 3. The molecule has 2 heterocycles. The smallest absolute Gasteiger partial charge is 0.155 e. The number of imidazole rings is 1. The van der Waals surface area contributed by atoms with Gasteiger partial charge < -0.3 is 0 Å². The number of amidine groups is 1. The van der Waals surface area contributed by atoms with E-state index < -0.39 is 0 Å². The maximum atomic E-state index is 5.36. The summed E-state index contributed by atoms with van der Waals surface area (Å²) in [5, 5.41) is 2.41. The summed E-state index contributed by atoms with van der Waals surface area (Å²) in [6.07, 6.45) is -0.195. The summed E-state index contributed by atoms with van der Waals surface area (Å²) < 4.78 is 2.26. The zero-order valence-electron chi connectivity index (χ0n) is 35.5. The summed E-state index contributed by atoms with van der Waals surface area (Å²) in [7, 11) is 0. The Morgan fingerprint density at radius 2 is 0.862 bits per heavy atom. The second-order valence-electron chi connectivity index (χ2n) is 16.5. The van der Waals surface area contributed by atoms with Crippen LogP contribution in [0.4, 0.5) is 5.69 Å². The van der Waals surface area contributed by atoms with E-state index >= 15 is 0 Å². The third-order valence-corrected chi connectivity index (χ3v) is 12.7. The second-order valence-corrected chi connectivity index (χ2v) is 16.5. The molecule has 0 saturated heterocycles. The molecule has 1 aliphatic rings. The molecule has 4 nitrogen and oxygen atoms in total. The van der Waals surface area contributed by atoms with Crippen molar-refractivity contribution in [2.75, 3.05) is 4.90 Å². The van der Waals surface area contributed by atoms with E-state index in [4.69, 9.17) is 9.98 Å². The molecule has 4 heteroatoms. The highest BCUT2D eigenvalue weighted by molar-refractivity contribution is 6.14. The van der Waals surface area contributed by atoms with Gasteiger partial charge in [0.05, 0.1) is 11.0 Å². The Balaban J connectivity index is 0.915. The Hall–Kier alpha value is -8.60. The summed E-state index contributed by atoms with van der Waals surface area (Å²) >= 11 is 0. The van der Waals surface area contributed by atoms with Crippen molar-refractivity contribution >= 4 is 33.3 Å². The van der Waals surface area contributed by atoms with E-state index in [1.807, 2.05) is 0 Å². The number of benzene rings is 10. The van der Waals surface area contributed by atoms with Gasteiger partial charge in [0.2, 0.25) is 0 Å². The molecule has 0 N–H and O–H groups in total. The number of anilines is 1. The molecule has 1 unspecified atom stereocenters. The van der Waals surface area contributed by atoms with E-state index in [9.17, 15) is 0 Å². The number of rotatable bonds is 9. The van der Waals surface area contributed by atoms with Crippen molar-refractivity contribution < 1.29 is 0 Å². The molecular formula is C61H42N4. The fourth-order valence-electron chi connectivity index (χ4n) is 9.54.